The van der Waals surface area contributed by atoms with Gasteiger partial charge >= 0.3 is 0 Å². The SMILES string of the molecule is Cn1ccc(-c2cn(-c3cncc(COc4ccc5ccc(N6CCC(F)(F)CC6)nc5c4)c3)c3ncnc(N)c23)n1. The summed E-state index contributed by atoms with van der Waals surface area (Å²) in [5.74, 6) is -0.886. The molecule has 1 fully saturated rings. The lowest BCUT2D eigenvalue weighted by molar-refractivity contribution is -0.0221. The molecule has 0 spiro atoms. The lowest BCUT2D eigenvalue weighted by Gasteiger charge is -2.32. The van der Waals surface area contributed by atoms with E-state index in [1.54, 1.807) is 17.1 Å². The Bertz CT molecular complexity index is 1920. The highest BCUT2D eigenvalue weighted by molar-refractivity contribution is 6.00. The Balaban J connectivity index is 1.14. The summed E-state index contributed by atoms with van der Waals surface area (Å²) in [5.41, 5.74) is 10.9. The monoisotopic (exact) mass is 567 g/mol. The predicted octanol–water partition coefficient (Wildman–Crippen LogP) is 5.16. The molecule has 12 heteroatoms. The molecule has 6 aromatic rings. The highest BCUT2D eigenvalue weighted by Gasteiger charge is 2.34. The Morgan fingerprint density at radius 1 is 1.02 bits per heavy atom. The molecule has 0 amide bonds. The van der Waals surface area contributed by atoms with Crippen molar-refractivity contribution in [2.75, 3.05) is 23.7 Å². The average molecular weight is 568 g/mol. The standard InChI is InChI=1S/C30H27F2N9O/c1-39-9-6-24(38-39)23-16-41(29-27(23)28(33)35-18-36-29)21-12-19(14-34-15-21)17-42-22-4-2-20-3-5-26(37-25(20)13-22)40-10-7-30(31,32)8-11-40/h2-6,9,12-16,18H,7-8,10-11,17H2,1H3,(H2,33,35,36). The van der Waals surface area contributed by atoms with Crippen LogP contribution in [-0.4, -0.2) is 53.3 Å². The van der Waals surface area contributed by atoms with Crippen LogP contribution in [0.3, 0.4) is 0 Å². The first kappa shape index (κ1) is 25.8. The Hall–Kier alpha value is -5.13. The van der Waals surface area contributed by atoms with Crippen molar-refractivity contribution in [3.8, 4) is 22.7 Å². The molecule has 1 saturated heterocycles. The highest BCUT2D eigenvalue weighted by Crippen LogP contribution is 2.34. The van der Waals surface area contributed by atoms with E-state index in [0.29, 0.717) is 23.0 Å². The number of aromatic nitrogens is 7. The molecular formula is C30H27F2N9O. The van der Waals surface area contributed by atoms with Crippen molar-refractivity contribution in [1.82, 2.24) is 34.3 Å². The number of alkyl halides is 2. The van der Waals surface area contributed by atoms with Crippen LogP contribution in [0.25, 0.3) is 38.9 Å². The second-order valence-corrected chi connectivity index (χ2v) is 10.5. The Morgan fingerprint density at radius 2 is 1.86 bits per heavy atom. The number of anilines is 2. The fourth-order valence-electron chi connectivity index (χ4n) is 5.30. The molecule has 1 aliphatic heterocycles. The molecule has 5 aromatic heterocycles. The molecule has 7 rings (SSSR count). The molecular weight excluding hydrogens is 540 g/mol. The van der Waals surface area contributed by atoms with Gasteiger partial charge in [-0.3, -0.25) is 14.2 Å². The van der Waals surface area contributed by atoms with E-state index >= 15 is 0 Å². The summed E-state index contributed by atoms with van der Waals surface area (Å²) >= 11 is 0. The summed E-state index contributed by atoms with van der Waals surface area (Å²) < 4.78 is 37.0. The van der Waals surface area contributed by atoms with Gasteiger partial charge in [-0.2, -0.15) is 5.10 Å². The zero-order valence-electron chi connectivity index (χ0n) is 22.8. The molecule has 212 valence electrons. The minimum absolute atomic E-state index is 0.160. The van der Waals surface area contributed by atoms with Gasteiger partial charge in [0.05, 0.1) is 28.5 Å². The maximum atomic E-state index is 13.6. The van der Waals surface area contributed by atoms with Crippen LogP contribution in [-0.2, 0) is 13.7 Å². The normalized spacial score (nSPS) is 15.0. The number of pyridine rings is 2. The lowest BCUT2D eigenvalue weighted by atomic mass is 10.1. The third-order valence-electron chi connectivity index (χ3n) is 7.53. The Kier molecular flexibility index (Phi) is 6.18. The molecule has 2 N–H and O–H groups in total. The van der Waals surface area contributed by atoms with Gasteiger partial charge in [0, 0.05) is 74.1 Å². The number of nitrogens with zero attached hydrogens (tertiary/aromatic N) is 8. The number of piperidine rings is 1. The van der Waals surface area contributed by atoms with E-state index in [2.05, 4.69) is 20.1 Å². The molecule has 0 unspecified atom stereocenters. The summed E-state index contributed by atoms with van der Waals surface area (Å²) in [6, 6.07) is 13.4. The molecule has 0 bridgehead atoms. The van der Waals surface area contributed by atoms with E-state index < -0.39 is 5.92 Å². The quantitative estimate of drug-likeness (QED) is 0.294. The van der Waals surface area contributed by atoms with Crippen molar-refractivity contribution in [2.24, 2.45) is 7.05 Å². The molecule has 0 atom stereocenters. The van der Waals surface area contributed by atoms with Crippen LogP contribution in [0.15, 0.2) is 73.6 Å². The number of rotatable bonds is 6. The molecule has 0 radical (unpaired) electrons. The molecule has 10 nitrogen and oxygen atoms in total. The van der Waals surface area contributed by atoms with Crippen molar-refractivity contribution in [2.45, 2.75) is 25.4 Å². The van der Waals surface area contributed by atoms with Crippen molar-refractivity contribution in [1.29, 1.82) is 0 Å². The van der Waals surface area contributed by atoms with Gasteiger partial charge in [0.2, 0.25) is 0 Å². The van der Waals surface area contributed by atoms with Crippen LogP contribution in [0.1, 0.15) is 18.4 Å². The Morgan fingerprint density at radius 3 is 2.67 bits per heavy atom. The molecule has 0 aliphatic carbocycles. The van der Waals surface area contributed by atoms with Crippen LogP contribution in [0.4, 0.5) is 20.4 Å². The minimum atomic E-state index is -2.60. The van der Waals surface area contributed by atoms with E-state index in [4.69, 9.17) is 15.5 Å². The zero-order valence-corrected chi connectivity index (χ0v) is 22.8. The average Bonchev–Trinajstić information content (AvgIpc) is 3.60. The van der Waals surface area contributed by atoms with E-state index in [9.17, 15) is 8.78 Å². The van der Waals surface area contributed by atoms with Crippen LogP contribution in [0, 0.1) is 0 Å². The summed E-state index contributed by atoms with van der Waals surface area (Å²) in [4.78, 5) is 19.8. The topological polar surface area (TPSA) is 113 Å². The van der Waals surface area contributed by atoms with Crippen molar-refractivity contribution >= 4 is 33.6 Å². The van der Waals surface area contributed by atoms with Crippen LogP contribution < -0.4 is 15.4 Å². The van der Waals surface area contributed by atoms with Gasteiger partial charge in [0.1, 0.15) is 30.3 Å². The maximum Gasteiger partial charge on any atom is 0.251 e. The number of fused-ring (bicyclic) bond motifs is 2. The van der Waals surface area contributed by atoms with E-state index in [0.717, 1.165) is 38.8 Å². The fraction of sp³-hybridized carbons (Fsp3) is 0.233. The van der Waals surface area contributed by atoms with Crippen LogP contribution >= 0.6 is 0 Å². The van der Waals surface area contributed by atoms with Crippen molar-refractivity contribution < 1.29 is 13.5 Å². The lowest BCUT2D eigenvalue weighted by Crippen LogP contribution is -2.39. The Labute approximate surface area is 239 Å². The number of nitrogen functional groups attached to an aromatic ring is 1. The number of halogens is 2. The third-order valence-corrected chi connectivity index (χ3v) is 7.53. The predicted molar refractivity (Wildman–Crippen MR) is 156 cm³/mol. The second kappa shape index (κ2) is 10.1. The van der Waals surface area contributed by atoms with Gasteiger partial charge in [-0.1, -0.05) is 0 Å². The van der Waals surface area contributed by atoms with Crippen molar-refractivity contribution in [3.63, 3.8) is 0 Å². The summed E-state index contributed by atoms with van der Waals surface area (Å²) in [6.07, 6.45) is 8.43. The first-order valence-corrected chi connectivity index (χ1v) is 13.6. The molecule has 0 saturated carbocycles. The van der Waals surface area contributed by atoms with Crippen LogP contribution in [0.2, 0.25) is 0 Å². The zero-order chi connectivity index (χ0) is 28.8. The summed E-state index contributed by atoms with van der Waals surface area (Å²) in [5, 5.41) is 6.21. The highest BCUT2D eigenvalue weighted by atomic mass is 19.3. The van der Waals surface area contributed by atoms with Gasteiger partial charge in [-0.25, -0.2) is 23.7 Å². The third kappa shape index (κ3) is 4.84. The van der Waals surface area contributed by atoms with E-state index in [1.807, 2.05) is 71.4 Å². The van der Waals surface area contributed by atoms with Gasteiger partial charge < -0.3 is 15.4 Å². The smallest absolute Gasteiger partial charge is 0.251 e. The summed E-state index contributed by atoms with van der Waals surface area (Å²) in [6.45, 7) is 0.837. The van der Waals surface area contributed by atoms with Gasteiger partial charge in [-0.15, -0.1) is 0 Å². The molecule has 6 heterocycles. The first-order chi connectivity index (χ1) is 20.3. The molecule has 1 aromatic carbocycles. The number of benzene rings is 1. The first-order valence-electron chi connectivity index (χ1n) is 13.6. The second-order valence-electron chi connectivity index (χ2n) is 10.5. The van der Waals surface area contributed by atoms with E-state index in [1.165, 1.54) is 6.33 Å². The van der Waals surface area contributed by atoms with Crippen LogP contribution in [0.5, 0.6) is 5.75 Å². The number of aryl methyl sites for hydroxylation is 1. The number of nitrogens with two attached hydrogens (primary N) is 1. The number of hydrogen-bond acceptors (Lipinski definition) is 8. The minimum Gasteiger partial charge on any atom is -0.489 e. The maximum absolute atomic E-state index is 13.6. The largest absolute Gasteiger partial charge is 0.489 e. The molecule has 1 aliphatic rings. The van der Waals surface area contributed by atoms with Crippen molar-refractivity contribution in [3.05, 3.63) is 79.1 Å². The molecule has 42 heavy (non-hydrogen) atoms. The summed E-state index contributed by atoms with van der Waals surface area (Å²) in [7, 11) is 1.86. The van der Waals surface area contributed by atoms with Gasteiger partial charge in [-0.05, 0) is 36.4 Å². The number of ether oxygens (including phenoxy) is 1. The van der Waals surface area contributed by atoms with Gasteiger partial charge in [0.15, 0.2) is 5.65 Å². The van der Waals surface area contributed by atoms with E-state index in [-0.39, 0.29) is 32.5 Å². The number of hydrogen-bond donors (Lipinski definition) is 1. The van der Waals surface area contributed by atoms with Gasteiger partial charge in [0.25, 0.3) is 5.92 Å². The fourth-order valence-corrected chi connectivity index (χ4v) is 5.30.